The lowest BCUT2D eigenvalue weighted by molar-refractivity contribution is -0.141. The van der Waals surface area contributed by atoms with E-state index in [2.05, 4.69) is 10.4 Å². The molecule has 1 heterocycles. The number of carbonyl (C=O) groups excluding carboxylic acids is 1. The summed E-state index contributed by atoms with van der Waals surface area (Å²) in [6, 6.07) is 0. The summed E-state index contributed by atoms with van der Waals surface area (Å²) in [5, 5.41) is 5.45. The van der Waals surface area contributed by atoms with Gasteiger partial charge < -0.3 is 10.1 Å². The van der Waals surface area contributed by atoms with Gasteiger partial charge >= 0.3 is 6.18 Å². The van der Waals surface area contributed by atoms with E-state index in [1.807, 2.05) is 6.92 Å². The van der Waals surface area contributed by atoms with Crippen LogP contribution in [0.3, 0.4) is 0 Å². The van der Waals surface area contributed by atoms with E-state index in [-0.39, 0.29) is 12.2 Å². The lowest BCUT2D eigenvalue weighted by Crippen LogP contribution is -2.29. The highest BCUT2D eigenvalue weighted by molar-refractivity contribution is 6.32. The fourth-order valence-corrected chi connectivity index (χ4v) is 1.84. The molecule has 120 valence electrons. The van der Waals surface area contributed by atoms with E-state index < -0.39 is 22.8 Å². The molecule has 0 atom stereocenters. The number of amides is 1. The van der Waals surface area contributed by atoms with Gasteiger partial charge in [-0.3, -0.25) is 9.48 Å². The van der Waals surface area contributed by atoms with Crippen LogP contribution in [-0.2, 0) is 22.3 Å². The summed E-state index contributed by atoms with van der Waals surface area (Å²) in [5.74, 6) is -0.428. The Morgan fingerprint density at radius 1 is 1.48 bits per heavy atom. The van der Waals surface area contributed by atoms with Gasteiger partial charge in [-0.1, -0.05) is 11.6 Å². The number of nitrogens with zero attached hydrogens (tertiary/aromatic N) is 2. The summed E-state index contributed by atoms with van der Waals surface area (Å²) in [7, 11) is 0. The molecule has 5 nitrogen and oxygen atoms in total. The number of nitrogens with one attached hydrogen (secondary N) is 1. The van der Waals surface area contributed by atoms with Crippen LogP contribution in [0.15, 0.2) is 0 Å². The molecule has 1 aromatic heterocycles. The van der Waals surface area contributed by atoms with Gasteiger partial charge in [-0.2, -0.15) is 18.3 Å². The van der Waals surface area contributed by atoms with Crippen molar-refractivity contribution in [2.45, 2.75) is 33.0 Å². The van der Waals surface area contributed by atoms with Gasteiger partial charge in [0.15, 0.2) is 5.69 Å². The average molecular weight is 328 g/mol. The van der Waals surface area contributed by atoms with Gasteiger partial charge in [0, 0.05) is 19.8 Å². The van der Waals surface area contributed by atoms with Gasteiger partial charge in [0.05, 0.1) is 10.7 Å². The summed E-state index contributed by atoms with van der Waals surface area (Å²) in [5.41, 5.74) is -1.07. The third kappa shape index (κ3) is 5.20. The van der Waals surface area contributed by atoms with E-state index in [0.29, 0.717) is 26.2 Å². The van der Waals surface area contributed by atoms with Crippen LogP contribution in [0.4, 0.5) is 13.2 Å². The molecular formula is C12H17ClF3N3O2. The van der Waals surface area contributed by atoms with E-state index in [4.69, 9.17) is 16.3 Å². The molecule has 1 N–H and O–H groups in total. The molecular weight excluding hydrogens is 311 g/mol. The molecule has 0 fully saturated rings. The van der Waals surface area contributed by atoms with Crippen molar-refractivity contribution >= 4 is 17.5 Å². The normalized spacial score (nSPS) is 11.7. The van der Waals surface area contributed by atoms with Crippen molar-refractivity contribution < 1.29 is 22.7 Å². The molecule has 0 aliphatic heterocycles. The quantitative estimate of drug-likeness (QED) is 0.782. The number of halogens is 4. The second-order valence-electron chi connectivity index (χ2n) is 4.30. The standard InChI is InChI=1S/C12H17ClF3N3O2/c1-3-21-6-4-5-17-9(20)7-19-8(2)10(13)11(18-19)12(14,15)16/h3-7H2,1-2H3,(H,17,20). The number of hydrogen-bond donors (Lipinski definition) is 1. The van der Waals surface area contributed by atoms with Gasteiger partial charge in [0.1, 0.15) is 6.54 Å². The molecule has 0 aliphatic rings. The van der Waals surface area contributed by atoms with E-state index in [1.165, 1.54) is 6.92 Å². The minimum Gasteiger partial charge on any atom is -0.382 e. The molecule has 21 heavy (non-hydrogen) atoms. The van der Waals surface area contributed by atoms with Crippen LogP contribution in [-0.4, -0.2) is 35.4 Å². The third-order valence-corrected chi connectivity index (χ3v) is 3.14. The number of carbonyl (C=O) groups is 1. The molecule has 0 saturated carbocycles. The molecule has 0 unspecified atom stereocenters. The van der Waals surface area contributed by atoms with E-state index in [0.717, 1.165) is 4.68 Å². The summed E-state index contributed by atoms with van der Waals surface area (Å²) in [6.45, 7) is 4.43. The molecule has 1 aromatic rings. The maximum absolute atomic E-state index is 12.6. The Morgan fingerprint density at radius 3 is 2.67 bits per heavy atom. The number of ether oxygens (including phenoxy) is 1. The van der Waals surface area contributed by atoms with Gasteiger partial charge in [-0.25, -0.2) is 0 Å². The minimum atomic E-state index is -4.64. The van der Waals surface area contributed by atoms with Crippen LogP contribution >= 0.6 is 11.6 Å². The van der Waals surface area contributed by atoms with E-state index in [9.17, 15) is 18.0 Å². The highest BCUT2D eigenvalue weighted by Gasteiger charge is 2.38. The fraction of sp³-hybridized carbons (Fsp3) is 0.667. The zero-order valence-corrected chi connectivity index (χ0v) is 12.5. The topological polar surface area (TPSA) is 56.1 Å². The molecule has 0 aliphatic carbocycles. The van der Waals surface area contributed by atoms with Gasteiger partial charge in [-0.15, -0.1) is 0 Å². The first-order valence-electron chi connectivity index (χ1n) is 6.42. The van der Waals surface area contributed by atoms with Crippen molar-refractivity contribution in [1.29, 1.82) is 0 Å². The molecule has 0 aromatic carbocycles. The Hall–Kier alpha value is -1.28. The Bertz CT molecular complexity index is 489. The number of aromatic nitrogens is 2. The third-order valence-electron chi connectivity index (χ3n) is 2.69. The zero-order chi connectivity index (χ0) is 16.0. The predicted molar refractivity (Wildman–Crippen MR) is 71.1 cm³/mol. The Balaban J connectivity index is 2.57. The lowest BCUT2D eigenvalue weighted by atomic mass is 10.3. The summed E-state index contributed by atoms with van der Waals surface area (Å²) in [6.07, 6.45) is -4.01. The maximum Gasteiger partial charge on any atom is 0.436 e. The van der Waals surface area contributed by atoms with Crippen molar-refractivity contribution in [3.8, 4) is 0 Å². The highest BCUT2D eigenvalue weighted by Crippen LogP contribution is 2.35. The predicted octanol–water partition coefficient (Wildman–Crippen LogP) is 2.41. The summed E-state index contributed by atoms with van der Waals surface area (Å²) < 4.78 is 43.9. The number of alkyl halides is 3. The highest BCUT2D eigenvalue weighted by atomic mass is 35.5. The van der Waals surface area contributed by atoms with Crippen LogP contribution in [0.1, 0.15) is 24.7 Å². The second-order valence-corrected chi connectivity index (χ2v) is 4.68. The molecule has 0 bridgehead atoms. The molecule has 1 amide bonds. The van der Waals surface area contributed by atoms with Gasteiger partial charge in [-0.05, 0) is 20.3 Å². The second kappa shape index (κ2) is 7.65. The first-order valence-corrected chi connectivity index (χ1v) is 6.79. The fourth-order valence-electron chi connectivity index (χ4n) is 1.60. The van der Waals surface area contributed by atoms with Crippen LogP contribution in [0.25, 0.3) is 0 Å². The molecule has 0 spiro atoms. The minimum absolute atomic E-state index is 0.105. The number of rotatable bonds is 7. The Kier molecular flexibility index (Phi) is 6.47. The lowest BCUT2D eigenvalue weighted by Gasteiger charge is -2.07. The first-order chi connectivity index (χ1) is 9.77. The van der Waals surface area contributed by atoms with Crippen molar-refractivity contribution in [2.75, 3.05) is 19.8 Å². The average Bonchev–Trinajstić information content (AvgIpc) is 2.66. The van der Waals surface area contributed by atoms with Gasteiger partial charge in [0.2, 0.25) is 5.91 Å². The van der Waals surface area contributed by atoms with Crippen LogP contribution < -0.4 is 5.32 Å². The van der Waals surface area contributed by atoms with Crippen LogP contribution in [0.2, 0.25) is 5.02 Å². The molecule has 9 heteroatoms. The molecule has 0 saturated heterocycles. The van der Waals surface area contributed by atoms with Crippen molar-refractivity contribution in [3.05, 3.63) is 16.4 Å². The smallest absolute Gasteiger partial charge is 0.382 e. The maximum atomic E-state index is 12.6. The largest absolute Gasteiger partial charge is 0.436 e. The summed E-state index contributed by atoms with van der Waals surface area (Å²) in [4.78, 5) is 11.6. The van der Waals surface area contributed by atoms with E-state index in [1.54, 1.807) is 0 Å². The SMILES string of the molecule is CCOCCCNC(=O)Cn1nc(C(F)(F)F)c(Cl)c1C. The van der Waals surface area contributed by atoms with Crippen molar-refractivity contribution in [1.82, 2.24) is 15.1 Å². The van der Waals surface area contributed by atoms with E-state index >= 15 is 0 Å². The Labute approximate surface area is 125 Å². The zero-order valence-electron chi connectivity index (χ0n) is 11.8. The van der Waals surface area contributed by atoms with Crippen LogP contribution in [0.5, 0.6) is 0 Å². The Morgan fingerprint density at radius 2 is 2.14 bits per heavy atom. The monoisotopic (exact) mass is 327 g/mol. The van der Waals surface area contributed by atoms with Crippen molar-refractivity contribution in [2.24, 2.45) is 0 Å². The number of hydrogen-bond acceptors (Lipinski definition) is 3. The summed E-state index contributed by atoms with van der Waals surface area (Å²) >= 11 is 5.59. The van der Waals surface area contributed by atoms with Gasteiger partial charge in [0.25, 0.3) is 0 Å². The molecule has 1 rings (SSSR count). The molecule has 0 radical (unpaired) electrons. The van der Waals surface area contributed by atoms with Crippen LogP contribution in [0, 0.1) is 6.92 Å². The van der Waals surface area contributed by atoms with Crippen molar-refractivity contribution in [3.63, 3.8) is 0 Å². The first kappa shape index (κ1) is 17.8.